The summed E-state index contributed by atoms with van der Waals surface area (Å²) in [6.45, 7) is 0. The molecule has 0 unspecified atom stereocenters. The van der Waals surface area contributed by atoms with Gasteiger partial charge in [0.15, 0.2) is 0 Å². The van der Waals surface area contributed by atoms with Crippen molar-refractivity contribution in [2.75, 3.05) is 0 Å². The molecule has 3 rings (SSSR count). The van der Waals surface area contributed by atoms with E-state index in [1.165, 1.54) is 0 Å². The number of benzene rings is 1. The van der Waals surface area contributed by atoms with Gasteiger partial charge in [-0.05, 0) is 24.5 Å². The fourth-order valence-corrected chi connectivity index (χ4v) is 3.46. The first kappa shape index (κ1) is 18.1. The van der Waals surface area contributed by atoms with Crippen molar-refractivity contribution in [1.29, 1.82) is 0 Å². The SMILES string of the molecule is O=C(NC1CC1)[C@@H](Sc1ncc(C(F)(F)F)cc1Cl)c1ccccc1. The number of hydrogen-bond donors (Lipinski definition) is 1. The summed E-state index contributed by atoms with van der Waals surface area (Å²) in [6, 6.07) is 10.0. The number of carbonyl (C=O) groups is 1. The quantitative estimate of drug-likeness (QED) is 0.746. The Bertz CT molecular complexity index is 766. The van der Waals surface area contributed by atoms with Crippen molar-refractivity contribution >= 4 is 29.3 Å². The molecule has 1 aliphatic carbocycles. The zero-order valence-electron chi connectivity index (χ0n) is 12.9. The van der Waals surface area contributed by atoms with Crippen LogP contribution < -0.4 is 5.32 Å². The Morgan fingerprint density at radius 2 is 1.96 bits per heavy atom. The first-order valence-corrected chi connectivity index (χ1v) is 8.85. The van der Waals surface area contributed by atoms with E-state index < -0.39 is 17.0 Å². The van der Waals surface area contributed by atoms with Crippen molar-refractivity contribution in [3.05, 3.63) is 58.7 Å². The van der Waals surface area contributed by atoms with Gasteiger partial charge in [0.1, 0.15) is 10.3 Å². The number of pyridine rings is 1. The second-order valence-corrected chi connectivity index (χ2v) is 7.20. The third kappa shape index (κ3) is 4.67. The number of nitrogens with zero attached hydrogens (tertiary/aromatic N) is 1. The van der Waals surface area contributed by atoms with E-state index in [9.17, 15) is 18.0 Å². The molecule has 1 amide bonds. The van der Waals surface area contributed by atoms with Gasteiger partial charge in [0, 0.05) is 12.2 Å². The highest BCUT2D eigenvalue weighted by molar-refractivity contribution is 8.00. The first-order chi connectivity index (χ1) is 11.8. The van der Waals surface area contributed by atoms with Crippen LogP contribution in [0.4, 0.5) is 13.2 Å². The molecule has 3 nitrogen and oxygen atoms in total. The van der Waals surface area contributed by atoms with Crippen LogP contribution >= 0.6 is 23.4 Å². The second-order valence-electron chi connectivity index (χ2n) is 5.70. The summed E-state index contributed by atoms with van der Waals surface area (Å²) in [6.07, 6.45) is -1.90. The number of amides is 1. The van der Waals surface area contributed by atoms with Gasteiger partial charge >= 0.3 is 6.18 Å². The largest absolute Gasteiger partial charge is 0.417 e. The number of rotatable bonds is 5. The number of carbonyl (C=O) groups excluding carboxylic acids is 1. The molecular weight excluding hydrogens is 373 g/mol. The number of thioether (sulfide) groups is 1. The van der Waals surface area contributed by atoms with Gasteiger partial charge in [-0.15, -0.1) is 0 Å². The van der Waals surface area contributed by atoms with Crippen LogP contribution in [0.3, 0.4) is 0 Å². The Morgan fingerprint density at radius 1 is 1.28 bits per heavy atom. The highest BCUT2D eigenvalue weighted by atomic mass is 35.5. The molecule has 1 aromatic heterocycles. The molecule has 0 bridgehead atoms. The zero-order chi connectivity index (χ0) is 18.0. The molecule has 1 aromatic carbocycles. The lowest BCUT2D eigenvalue weighted by molar-refractivity contribution is -0.137. The summed E-state index contributed by atoms with van der Waals surface area (Å²) in [5, 5.41) is 2.35. The van der Waals surface area contributed by atoms with Crippen LogP contribution in [0.5, 0.6) is 0 Å². The molecule has 0 radical (unpaired) electrons. The Balaban J connectivity index is 1.86. The van der Waals surface area contributed by atoms with E-state index in [1.54, 1.807) is 24.3 Å². The summed E-state index contributed by atoms with van der Waals surface area (Å²) >= 11 is 7.02. The fraction of sp³-hybridized carbons (Fsp3) is 0.294. The Morgan fingerprint density at radius 3 is 2.52 bits per heavy atom. The van der Waals surface area contributed by atoms with Crippen LogP contribution in [0.1, 0.15) is 29.2 Å². The average Bonchev–Trinajstić information content (AvgIpc) is 3.37. The summed E-state index contributed by atoms with van der Waals surface area (Å²) in [4.78, 5) is 16.4. The maximum absolute atomic E-state index is 12.7. The number of halogens is 4. The summed E-state index contributed by atoms with van der Waals surface area (Å²) < 4.78 is 38.2. The molecule has 0 aliphatic heterocycles. The summed E-state index contributed by atoms with van der Waals surface area (Å²) in [5.41, 5.74) is -0.177. The normalized spacial score (nSPS) is 15.7. The van der Waals surface area contributed by atoms with Gasteiger partial charge in [0.05, 0.1) is 10.6 Å². The molecular formula is C17H14ClF3N2OS. The van der Waals surface area contributed by atoms with Gasteiger partial charge in [0.2, 0.25) is 5.91 Å². The monoisotopic (exact) mass is 386 g/mol. The molecule has 0 spiro atoms. The van der Waals surface area contributed by atoms with E-state index in [1.807, 2.05) is 6.07 Å². The molecule has 8 heteroatoms. The smallest absolute Gasteiger partial charge is 0.352 e. The molecule has 25 heavy (non-hydrogen) atoms. The highest BCUT2D eigenvalue weighted by Gasteiger charge is 2.33. The maximum Gasteiger partial charge on any atom is 0.417 e. The number of aromatic nitrogens is 1. The van der Waals surface area contributed by atoms with Crippen molar-refractivity contribution in [2.45, 2.75) is 35.3 Å². The third-order valence-electron chi connectivity index (χ3n) is 3.63. The fourth-order valence-electron chi connectivity index (χ4n) is 2.18. The number of alkyl halides is 3. The Kier molecular flexibility index (Phi) is 5.24. The van der Waals surface area contributed by atoms with Crippen LogP contribution in [0.25, 0.3) is 0 Å². The molecule has 1 atom stereocenters. The Hall–Kier alpha value is -1.73. The number of nitrogens with one attached hydrogen (secondary N) is 1. The molecule has 2 aromatic rings. The zero-order valence-corrected chi connectivity index (χ0v) is 14.5. The van der Waals surface area contributed by atoms with Crippen LogP contribution in [-0.4, -0.2) is 16.9 Å². The minimum Gasteiger partial charge on any atom is -0.352 e. The minimum atomic E-state index is -4.51. The molecule has 1 aliphatic rings. The minimum absolute atomic E-state index is 0.125. The average molecular weight is 387 g/mol. The maximum atomic E-state index is 12.7. The van der Waals surface area contributed by atoms with Gasteiger partial charge in [-0.1, -0.05) is 53.7 Å². The van der Waals surface area contributed by atoms with E-state index in [0.717, 1.165) is 42.4 Å². The van der Waals surface area contributed by atoms with E-state index in [-0.39, 0.29) is 22.0 Å². The molecule has 132 valence electrons. The van der Waals surface area contributed by atoms with Crippen molar-refractivity contribution in [2.24, 2.45) is 0 Å². The van der Waals surface area contributed by atoms with Crippen LogP contribution in [0.15, 0.2) is 47.6 Å². The topological polar surface area (TPSA) is 42.0 Å². The molecule has 1 N–H and O–H groups in total. The first-order valence-electron chi connectivity index (χ1n) is 7.59. The van der Waals surface area contributed by atoms with Crippen molar-refractivity contribution < 1.29 is 18.0 Å². The third-order valence-corrected chi connectivity index (χ3v) is 5.30. The van der Waals surface area contributed by atoms with Gasteiger partial charge in [0.25, 0.3) is 0 Å². The highest BCUT2D eigenvalue weighted by Crippen LogP contribution is 2.40. The van der Waals surface area contributed by atoms with Crippen molar-refractivity contribution in [3.63, 3.8) is 0 Å². The van der Waals surface area contributed by atoms with Crippen molar-refractivity contribution in [3.8, 4) is 0 Å². The number of hydrogen-bond acceptors (Lipinski definition) is 3. The van der Waals surface area contributed by atoms with Gasteiger partial charge in [-0.25, -0.2) is 4.98 Å². The van der Waals surface area contributed by atoms with Gasteiger partial charge < -0.3 is 5.32 Å². The van der Waals surface area contributed by atoms with E-state index in [4.69, 9.17) is 11.6 Å². The Labute approximate surface area is 152 Å². The van der Waals surface area contributed by atoms with Crippen molar-refractivity contribution in [1.82, 2.24) is 10.3 Å². The summed E-state index contributed by atoms with van der Waals surface area (Å²) in [5.74, 6) is -0.198. The summed E-state index contributed by atoms with van der Waals surface area (Å²) in [7, 11) is 0. The molecule has 0 saturated heterocycles. The van der Waals surface area contributed by atoms with E-state index in [0.29, 0.717) is 0 Å². The van der Waals surface area contributed by atoms with Crippen LogP contribution in [0.2, 0.25) is 5.02 Å². The predicted molar refractivity (Wildman–Crippen MR) is 90.5 cm³/mol. The van der Waals surface area contributed by atoms with Gasteiger partial charge in [-0.2, -0.15) is 13.2 Å². The molecule has 1 heterocycles. The predicted octanol–water partition coefficient (Wildman–Crippen LogP) is 4.87. The lowest BCUT2D eigenvalue weighted by atomic mass is 10.1. The molecule has 1 fully saturated rings. The van der Waals surface area contributed by atoms with Crippen LogP contribution in [0, 0.1) is 0 Å². The van der Waals surface area contributed by atoms with E-state index >= 15 is 0 Å². The lowest BCUT2D eigenvalue weighted by Crippen LogP contribution is -2.29. The second kappa shape index (κ2) is 7.25. The molecule has 1 saturated carbocycles. The van der Waals surface area contributed by atoms with Gasteiger partial charge in [-0.3, -0.25) is 4.79 Å². The lowest BCUT2D eigenvalue weighted by Gasteiger charge is -2.17. The standard InChI is InChI=1S/C17H14ClF3N2OS/c18-13-8-11(17(19,20)21)9-22-16(13)25-14(10-4-2-1-3-5-10)15(24)23-12-6-7-12/h1-5,8-9,12,14H,6-7H2,(H,23,24)/t14-/m0/s1. The van der Waals surface area contributed by atoms with Crippen LogP contribution in [-0.2, 0) is 11.0 Å². The van der Waals surface area contributed by atoms with E-state index in [2.05, 4.69) is 10.3 Å².